The Hall–Kier alpha value is -3.84. The number of aliphatic hydroxyl groups is 1. The lowest BCUT2D eigenvalue weighted by Crippen LogP contribution is -2.60. The quantitative estimate of drug-likeness (QED) is 0.302. The topological polar surface area (TPSA) is 179 Å². The van der Waals surface area contributed by atoms with Gasteiger partial charge in [0.2, 0.25) is 29.5 Å². The van der Waals surface area contributed by atoms with Gasteiger partial charge in [0.1, 0.15) is 18.1 Å². The van der Waals surface area contributed by atoms with Crippen LogP contribution in [0.1, 0.15) is 69.7 Å². The average molecular weight is 598 g/mol. The average Bonchev–Trinajstić information content (AvgIpc) is 3.66. The van der Waals surface area contributed by atoms with E-state index in [1.54, 1.807) is 18.7 Å². The van der Waals surface area contributed by atoms with E-state index in [2.05, 4.69) is 31.4 Å². The maximum atomic E-state index is 13.5. The standard InChI is InChI=1S/C30H43N7O6/c1-18(2)25-29(42)32-22(15-20-9-5-4-6-10-20)27(40)35-26(19(3)38)28(41)31-13-14-37(17-24(39)34-25)16-23-33-30(43-36-23)21-11-7-8-12-21/h4-6,9-10,18-19,21-22,25-26,38H,7-8,11-17H2,1-3H3,(H,31,41)(H,32,42)(H,34,39)(H,35,40)/t19-,22+,25-,26+/m1/s1. The molecule has 0 unspecified atom stereocenters. The number of rotatable bonds is 7. The third-order valence-corrected chi connectivity index (χ3v) is 7.89. The number of hydrogen-bond acceptors (Lipinski definition) is 9. The van der Waals surface area contributed by atoms with Gasteiger partial charge in [-0.3, -0.25) is 24.1 Å². The van der Waals surface area contributed by atoms with Gasteiger partial charge in [-0.1, -0.05) is 62.2 Å². The Bertz CT molecular complexity index is 1240. The van der Waals surface area contributed by atoms with Gasteiger partial charge in [-0.15, -0.1) is 0 Å². The molecule has 2 heterocycles. The Morgan fingerprint density at radius 1 is 0.953 bits per heavy atom. The maximum Gasteiger partial charge on any atom is 0.245 e. The molecule has 4 rings (SSSR count). The fraction of sp³-hybridized carbons (Fsp3) is 0.600. The Balaban J connectivity index is 1.56. The molecule has 2 aromatic rings. The maximum absolute atomic E-state index is 13.5. The number of carbonyl (C=O) groups excluding carboxylic acids is 4. The summed E-state index contributed by atoms with van der Waals surface area (Å²) >= 11 is 0. The fourth-order valence-electron chi connectivity index (χ4n) is 5.47. The third kappa shape index (κ3) is 9.07. The summed E-state index contributed by atoms with van der Waals surface area (Å²) in [6, 6.07) is 5.89. The minimum Gasteiger partial charge on any atom is -0.391 e. The number of hydrogen-bond donors (Lipinski definition) is 5. The summed E-state index contributed by atoms with van der Waals surface area (Å²) in [6.45, 7) is 5.47. The molecule has 1 aliphatic heterocycles. The second-order valence-corrected chi connectivity index (χ2v) is 11.8. The molecule has 1 aromatic carbocycles. The van der Waals surface area contributed by atoms with Gasteiger partial charge in [0.05, 0.1) is 19.2 Å². The van der Waals surface area contributed by atoms with Crippen molar-refractivity contribution in [2.45, 2.75) is 89.6 Å². The Labute approximate surface area is 251 Å². The molecule has 2 aliphatic rings. The number of nitrogens with zero attached hydrogens (tertiary/aromatic N) is 3. The second kappa shape index (κ2) is 15.1. The van der Waals surface area contributed by atoms with E-state index in [0.717, 1.165) is 31.2 Å². The Morgan fingerprint density at radius 2 is 1.67 bits per heavy atom. The van der Waals surface area contributed by atoms with Crippen LogP contribution in [0.3, 0.4) is 0 Å². The molecule has 1 aromatic heterocycles. The van der Waals surface area contributed by atoms with Crippen molar-refractivity contribution in [2.24, 2.45) is 5.92 Å². The van der Waals surface area contributed by atoms with Crippen LogP contribution in [0, 0.1) is 5.92 Å². The van der Waals surface area contributed by atoms with Gasteiger partial charge in [0.15, 0.2) is 5.82 Å². The molecular formula is C30H43N7O6. The smallest absolute Gasteiger partial charge is 0.245 e. The minimum absolute atomic E-state index is 0.0931. The molecule has 234 valence electrons. The summed E-state index contributed by atoms with van der Waals surface area (Å²) in [5, 5.41) is 25.4. The molecule has 4 atom stereocenters. The highest BCUT2D eigenvalue weighted by atomic mass is 16.5. The molecule has 13 heteroatoms. The van der Waals surface area contributed by atoms with E-state index in [9.17, 15) is 24.3 Å². The predicted octanol–water partition coefficient (Wildman–Crippen LogP) is 0.393. The Morgan fingerprint density at radius 3 is 2.35 bits per heavy atom. The van der Waals surface area contributed by atoms with Crippen molar-refractivity contribution in [1.29, 1.82) is 0 Å². The summed E-state index contributed by atoms with van der Waals surface area (Å²) < 4.78 is 5.50. The largest absolute Gasteiger partial charge is 0.391 e. The van der Waals surface area contributed by atoms with Crippen LogP contribution in [0.25, 0.3) is 0 Å². The van der Waals surface area contributed by atoms with Crippen LogP contribution in [0.2, 0.25) is 0 Å². The summed E-state index contributed by atoms with van der Waals surface area (Å²) in [7, 11) is 0. The molecular weight excluding hydrogens is 554 g/mol. The lowest BCUT2D eigenvalue weighted by Gasteiger charge is -2.27. The number of aliphatic hydroxyl groups excluding tert-OH is 1. The highest BCUT2D eigenvalue weighted by Crippen LogP contribution is 2.32. The zero-order chi connectivity index (χ0) is 30.9. The Kier molecular flexibility index (Phi) is 11.2. The van der Waals surface area contributed by atoms with Crippen molar-refractivity contribution >= 4 is 23.6 Å². The van der Waals surface area contributed by atoms with Crippen LogP contribution in [-0.2, 0) is 32.1 Å². The van der Waals surface area contributed by atoms with Gasteiger partial charge in [0.25, 0.3) is 0 Å². The van der Waals surface area contributed by atoms with Crippen molar-refractivity contribution < 1.29 is 28.8 Å². The van der Waals surface area contributed by atoms with Crippen molar-refractivity contribution in [3.8, 4) is 0 Å². The third-order valence-electron chi connectivity index (χ3n) is 7.89. The zero-order valence-electron chi connectivity index (χ0n) is 25.0. The molecule has 0 radical (unpaired) electrons. The molecule has 5 N–H and O–H groups in total. The first kappa shape index (κ1) is 32.1. The highest BCUT2D eigenvalue weighted by Gasteiger charge is 2.33. The summed E-state index contributed by atoms with van der Waals surface area (Å²) in [6.07, 6.45) is 3.20. The van der Waals surface area contributed by atoms with E-state index in [4.69, 9.17) is 4.52 Å². The van der Waals surface area contributed by atoms with Crippen LogP contribution in [0.4, 0.5) is 0 Å². The van der Waals surface area contributed by atoms with E-state index < -0.39 is 47.9 Å². The number of aromatic nitrogens is 2. The van der Waals surface area contributed by atoms with Crippen LogP contribution in [0.5, 0.6) is 0 Å². The molecule has 1 saturated carbocycles. The number of benzene rings is 1. The highest BCUT2D eigenvalue weighted by molar-refractivity contribution is 5.95. The van der Waals surface area contributed by atoms with E-state index in [0.29, 0.717) is 11.7 Å². The predicted molar refractivity (Wildman–Crippen MR) is 156 cm³/mol. The summed E-state index contributed by atoms with van der Waals surface area (Å²) in [5.74, 6) is -1.16. The molecule has 1 aliphatic carbocycles. The van der Waals surface area contributed by atoms with E-state index in [-0.39, 0.29) is 44.4 Å². The molecule has 0 spiro atoms. The van der Waals surface area contributed by atoms with Crippen LogP contribution < -0.4 is 21.3 Å². The summed E-state index contributed by atoms with van der Waals surface area (Å²) in [5.41, 5.74) is 0.789. The van der Waals surface area contributed by atoms with E-state index in [1.807, 2.05) is 30.3 Å². The first-order valence-electron chi connectivity index (χ1n) is 15.0. The molecule has 4 amide bonds. The lowest BCUT2D eigenvalue weighted by molar-refractivity contribution is -0.135. The SMILES string of the molecule is CC(C)[C@H]1NC(=O)CN(Cc2noc(C3CCCC3)n2)CCNC(=O)[C@H]([C@@H](C)O)NC(=O)[C@H](Cc2ccccc2)NC1=O. The number of nitrogens with one attached hydrogen (secondary N) is 4. The first-order valence-corrected chi connectivity index (χ1v) is 15.0. The zero-order valence-corrected chi connectivity index (χ0v) is 25.0. The van der Waals surface area contributed by atoms with Gasteiger partial charge < -0.3 is 30.9 Å². The number of amides is 4. The minimum atomic E-state index is -1.26. The fourth-order valence-corrected chi connectivity index (χ4v) is 5.47. The monoisotopic (exact) mass is 597 g/mol. The van der Waals surface area contributed by atoms with Gasteiger partial charge in [-0.05, 0) is 31.2 Å². The van der Waals surface area contributed by atoms with Crippen LogP contribution >= 0.6 is 0 Å². The van der Waals surface area contributed by atoms with Gasteiger partial charge in [-0.25, -0.2) is 0 Å². The van der Waals surface area contributed by atoms with Crippen molar-refractivity contribution in [2.75, 3.05) is 19.6 Å². The molecule has 2 fully saturated rings. The molecule has 13 nitrogen and oxygen atoms in total. The normalized spacial score (nSPS) is 24.4. The second-order valence-electron chi connectivity index (χ2n) is 11.8. The molecule has 43 heavy (non-hydrogen) atoms. The first-order chi connectivity index (χ1) is 20.6. The van der Waals surface area contributed by atoms with Crippen molar-refractivity contribution in [3.63, 3.8) is 0 Å². The molecule has 1 saturated heterocycles. The molecule has 0 bridgehead atoms. The van der Waals surface area contributed by atoms with Crippen LogP contribution in [-0.4, -0.2) is 87.6 Å². The van der Waals surface area contributed by atoms with E-state index in [1.165, 1.54) is 6.92 Å². The van der Waals surface area contributed by atoms with Crippen molar-refractivity contribution in [3.05, 3.63) is 47.6 Å². The van der Waals surface area contributed by atoms with Gasteiger partial charge >= 0.3 is 0 Å². The number of carbonyl (C=O) groups is 4. The van der Waals surface area contributed by atoms with Crippen molar-refractivity contribution in [1.82, 2.24) is 36.3 Å². The van der Waals surface area contributed by atoms with Gasteiger partial charge in [-0.2, -0.15) is 4.98 Å². The van der Waals surface area contributed by atoms with E-state index >= 15 is 0 Å². The lowest BCUT2D eigenvalue weighted by atomic mass is 10.0. The van der Waals surface area contributed by atoms with Crippen LogP contribution in [0.15, 0.2) is 34.9 Å². The van der Waals surface area contributed by atoms with Gasteiger partial charge in [0, 0.05) is 25.4 Å². The summed E-state index contributed by atoms with van der Waals surface area (Å²) in [4.78, 5) is 59.5.